The van der Waals surface area contributed by atoms with Crippen LogP contribution >= 0.6 is 0 Å². The molecule has 0 aliphatic heterocycles. The maximum Gasteiger partial charge on any atom is 0.0177 e. The Morgan fingerprint density at radius 2 is 1.67 bits per heavy atom. The number of nitrogens with two attached hydrogens (primary N) is 1. The van der Waals surface area contributed by atoms with Gasteiger partial charge < -0.3 is 5.73 Å². The average Bonchev–Trinajstić information content (AvgIpc) is 1.81. The summed E-state index contributed by atoms with van der Waals surface area (Å²) in [5.74, 6) is 0. The Labute approximate surface area is 57.6 Å². The SMILES string of the molecule is CC1(C)CCC[C@]1(C)N. The minimum atomic E-state index is 0.0903. The molecule has 0 radical (unpaired) electrons. The van der Waals surface area contributed by atoms with Crippen LogP contribution in [0.4, 0.5) is 0 Å². The van der Waals surface area contributed by atoms with E-state index in [1.54, 1.807) is 0 Å². The molecule has 0 aromatic heterocycles. The summed E-state index contributed by atoms with van der Waals surface area (Å²) in [5.41, 5.74) is 6.51. The summed E-state index contributed by atoms with van der Waals surface area (Å²) in [6.07, 6.45) is 3.79. The molecule has 0 aromatic carbocycles. The van der Waals surface area contributed by atoms with Gasteiger partial charge in [-0.2, -0.15) is 0 Å². The van der Waals surface area contributed by atoms with Gasteiger partial charge in [0.1, 0.15) is 0 Å². The molecule has 54 valence electrons. The van der Waals surface area contributed by atoms with Gasteiger partial charge in [-0.05, 0) is 25.2 Å². The molecule has 0 heterocycles. The van der Waals surface area contributed by atoms with E-state index in [1.807, 2.05) is 0 Å². The van der Waals surface area contributed by atoms with E-state index in [4.69, 9.17) is 5.73 Å². The van der Waals surface area contributed by atoms with E-state index in [2.05, 4.69) is 20.8 Å². The van der Waals surface area contributed by atoms with Crippen molar-refractivity contribution in [1.82, 2.24) is 0 Å². The molecule has 1 fully saturated rings. The zero-order chi connectivity index (χ0) is 7.12. The number of hydrogen-bond donors (Lipinski definition) is 1. The minimum Gasteiger partial charge on any atom is -0.325 e. The van der Waals surface area contributed by atoms with Gasteiger partial charge in [0.05, 0.1) is 0 Å². The first-order valence-electron chi connectivity index (χ1n) is 3.75. The molecule has 1 aliphatic rings. The van der Waals surface area contributed by atoms with E-state index >= 15 is 0 Å². The van der Waals surface area contributed by atoms with Gasteiger partial charge in [0.25, 0.3) is 0 Å². The fraction of sp³-hybridized carbons (Fsp3) is 1.00. The molecule has 1 aliphatic carbocycles. The predicted octanol–water partition coefficient (Wildman–Crippen LogP) is 1.91. The molecule has 1 heteroatoms. The first-order valence-corrected chi connectivity index (χ1v) is 3.75. The van der Waals surface area contributed by atoms with E-state index in [1.165, 1.54) is 19.3 Å². The van der Waals surface area contributed by atoms with Crippen molar-refractivity contribution in [3.63, 3.8) is 0 Å². The smallest absolute Gasteiger partial charge is 0.0177 e. The molecule has 0 unspecified atom stereocenters. The monoisotopic (exact) mass is 127 g/mol. The van der Waals surface area contributed by atoms with E-state index in [0.717, 1.165) is 0 Å². The van der Waals surface area contributed by atoms with Crippen molar-refractivity contribution in [1.29, 1.82) is 0 Å². The maximum atomic E-state index is 6.06. The van der Waals surface area contributed by atoms with Crippen LogP contribution in [0.5, 0.6) is 0 Å². The second-order valence-electron chi connectivity index (χ2n) is 4.15. The highest BCUT2D eigenvalue weighted by molar-refractivity contribution is 4.98. The lowest BCUT2D eigenvalue weighted by Crippen LogP contribution is -2.45. The highest BCUT2D eigenvalue weighted by Crippen LogP contribution is 2.43. The third-order valence-electron chi connectivity index (χ3n) is 3.04. The van der Waals surface area contributed by atoms with Gasteiger partial charge in [-0.15, -0.1) is 0 Å². The Morgan fingerprint density at radius 3 is 1.78 bits per heavy atom. The zero-order valence-corrected chi connectivity index (χ0v) is 6.70. The van der Waals surface area contributed by atoms with Crippen LogP contribution in [0.1, 0.15) is 40.0 Å². The van der Waals surface area contributed by atoms with Gasteiger partial charge in [0, 0.05) is 5.54 Å². The van der Waals surface area contributed by atoms with E-state index in [9.17, 15) is 0 Å². The summed E-state index contributed by atoms with van der Waals surface area (Å²) in [4.78, 5) is 0. The van der Waals surface area contributed by atoms with Gasteiger partial charge in [-0.1, -0.05) is 20.3 Å². The molecule has 0 spiro atoms. The molecule has 2 N–H and O–H groups in total. The molecule has 0 bridgehead atoms. The summed E-state index contributed by atoms with van der Waals surface area (Å²) in [7, 11) is 0. The van der Waals surface area contributed by atoms with Gasteiger partial charge >= 0.3 is 0 Å². The normalized spacial score (nSPS) is 41.3. The molecular formula is C8H17N. The van der Waals surface area contributed by atoms with Crippen LogP contribution in [0.15, 0.2) is 0 Å². The maximum absolute atomic E-state index is 6.06. The first kappa shape index (κ1) is 7.07. The third kappa shape index (κ3) is 0.983. The summed E-state index contributed by atoms with van der Waals surface area (Å²) >= 11 is 0. The fourth-order valence-electron chi connectivity index (χ4n) is 1.52. The first-order chi connectivity index (χ1) is 3.96. The Hall–Kier alpha value is -0.0400. The predicted molar refractivity (Wildman–Crippen MR) is 40.2 cm³/mol. The lowest BCUT2D eigenvalue weighted by atomic mass is 9.77. The topological polar surface area (TPSA) is 26.0 Å². The molecule has 0 amide bonds. The molecule has 9 heavy (non-hydrogen) atoms. The molecule has 1 nitrogen and oxygen atoms in total. The summed E-state index contributed by atoms with van der Waals surface area (Å²) in [5, 5.41) is 0. The lowest BCUT2D eigenvalue weighted by Gasteiger charge is -2.34. The molecule has 1 saturated carbocycles. The van der Waals surface area contributed by atoms with Crippen molar-refractivity contribution in [2.45, 2.75) is 45.6 Å². The second kappa shape index (κ2) is 1.72. The van der Waals surface area contributed by atoms with Crippen molar-refractivity contribution in [3.8, 4) is 0 Å². The highest BCUT2D eigenvalue weighted by Gasteiger charge is 2.41. The van der Waals surface area contributed by atoms with E-state index in [-0.39, 0.29) is 5.54 Å². The van der Waals surface area contributed by atoms with Crippen LogP contribution in [0.3, 0.4) is 0 Å². The number of rotatable bonds is 0. The molecule has 0 aromatic rings. The van der Waals surface area contributed by atoms with E-state index < -0.39 is 0 Å². The van der Waals surface area contributed by atoms with Gasteiger partial charge in [-0.25, -0.2) is 0 Å². The van der Waals surface area contributed by atoms with Gasteiger partial charge in [-0.3, -0.25) is 0 Å². The highest BCUT2D eigenvalue weighted by atomic mass is 14.8. The summed E-state index contributed by atoms with van der Waals surface area (Å²) in [6.45, 7) is 6.69. The quantitative estimate of drug-likeness (QED) is 0.528. The summed E-state index contributed by atoms with van der Waals surface area (Å²) in [6, 6.07) is 0. The largest absolute Gasteiger partial charge is 0.325 e. The van der Waals surface area contributed by atoms with Crippen LogP contribution in [-0.2, 0) is 0 Å². The summed E-state index contributed by atoms with van der Waals surface area (Å²) < 4.78 is 0. The van der Waals surface area contributed by atoms with E-state index in [0.29, 0.717) is 5.41 Å². The molecule has 0 saturated heterocycles. The standard InChI is InChI=1S/C8H17N/c1-7(2)5-4-6-8(7,3)9/h4-6,9H2,1-3H3/t8-/m0/s1. The fourth-order valence-corrected chi connectivity index (χ4v) is 1.52. The minimum absolute atomic E-state index is 0.0903. The molecule has 1 rings (SSSR count). The van der Waals surface area contributed by atoms with Gasteiger partial charge in [0.15, 0.2) is 0 Å². The average molecular weight is 127 g/mol. The van der Waals surface area contributed by atoms with Crippen LogP contribution < -0.4 is 5.73 Å². The van der Waals surface area contributed by atoms with Crippen LogP contribution in [-0.4, -0.2) is 5.54 Å². The third-order valence-corrected chi connectivity index (χ3v) is 3.04. The number of hydrogen-bond acceptors (Lipinski definition) is 1. The Kier molecular flexibility index (Phi) is 1.35. The van der Waals surface area contributed by atoms with Crippen molar-refractivity contribution < 1.29 is 0 Å². The van der Waals surface area contributed by atoms with Crippen molar-refractivity contribution in [2.24, 2.45) is 11.1 Å². The molecular weight excluding hydrogens is 110 g/mol. The second-order valence-corrected chi connectivity index (χ2v) is 4.15. The lowest BCUT2D eigenvalue weighted by molar-refractivity contribution is 0.230. The van der Waals surface area contributed by atoms with Crippen LogP contribution in [0.2, 0.25) is 0 Å². The van der Waals surface area contributed by atoms with Crippen LogP contribution in [0, 0.1) is 5.41 Å². The Balaban J connectivity index is 2.75. The zero-order valence-electron chi connectivity index (χ0n) is 6.70. The van der Waals surface area contributed by atoms with Gasteiger partial charge in [0.2, 0.25) is 0 Å². The van der Waals surface area contributed by atoms with Crippen molar-refractivity contribution in [2.75, 3.05) is 0 Å². The Morgan fingerprint density at radius 1 is 1.11 bits per heavy atom. The molecule has 1 atom stereocenters. The van der Waals surface area contributed by atoms with Crippen LogP contribution in [0.25, 0.3) is 0 Å². The Bertz CT molecular complexity index is 99.7. The van der Waals surface area contributed by atoms with Crippen molar-refractivity contribution in [3.05, 3.63) is 0 Å². The van der Waals surface area contributed by atoms with Crippen molar-refractivity contribution >= 4 is 0 Å².